The van der Waals surface area contributed by atoms with E-state index in [1.165, 1.54) is 11.8 Å². The van der Waals surface area contributed by atoms with Crippen molar-refractivity contribution >= 4 is 23.6 Å². The van der Waals surface area contributed by atoms with E-state index in [4.69, 9.17) is 14.6 Å². The van der Waals surface area contributed by atoms with Gasteiger partial charge in [-0.3, -0.25) is 9.59 Å². The molecule has 2 atom stereocenters. The highest BCUT2D eigenvalue weighted by Gasteiger charge is 2.36. The molecule has 0 bridgehead atoms. The van der Waals surface area contributed by atoms with Gasteiger partial charge in [0.15, 0.2) is 0 Å². The minimum absolute atomic E-state index is 0.0462. The zero-order chi connectivity index (χ0) is 16.8. The van der Waals surface area contributed by atoms with Gasteiger partial charge in [-0.25, -0.2) is 0 Å². The average molecular weight is 339 g/mol. The van der Waals surface area contributed by atoms with Gasteiger partial charge in [0.2, 0.25) is 5.91 Å². The van der Waals surface area contributed by atoms with Gasteiger partial charge in [-0.05, 0) is 24.6 Å². The lowest BCUT2D eigenvalue weighted by molar-refractivity contribution is -0.139. The predicted octanol–water partition coefficient (Wildman–Crippen LogP) is 1.88. The van der Waals surface area contributed by atoms with E-state index in [1.807, 2.05) is 24.3 Å². The molecule has 1 aromatic rings. The first-order valence-electron chi connectivity index (χ1n) is 7.34. The molecule has 126 valence electrons. The van der Waals surface area contributed by atoms with Crippen molar-refractivity contribution in [2.24, 2.45) is 0 Å². The van der Waals surface area contributed by atoms with Gasteiger partial charge in [0.25, 0.3) is 0 Å². The van der Waals surface area contributed by atoms with Crippen molar-refractivity contribution in [3.63, 3.8) is 0 Å². The molecule has 0 radical (unpaired) electrons. The maximum Gasteiger partial charge on any atom is 0.305 e. The molecule has 23 heavy (non-hydrogen) atoms. The lowest BCUT2D eigenvalue weighted by Crippen LogP contribution is -2.38. The van der Waals surface area contributed by atoms with E-state index in [0.717, 1.165) is 10.6 Å². The Balaban J connectivity index is 1.96. The molecule has 0 saturated carbocycles. The number of likely N-dealkylation sites (tertiary alicyclic amines) is 1. The van der Waals surface area contributed by atoms with Gasteiger partial charge >= 0.3 is 5.97 Å². The molecule has 0 spiro atoms. The van der Waals surface area contributed by atoms with Crippen LogP contribution in [0, 0.1) is 0 Å². The summed E-state index contributed by atoms with van der Waals surface area (Å²) in [4.78, 5) is 26.0. The quantitative estimate of drug-likeness (QED) is 0.765. The smallest absolute Gasteiger partial charge is 0.305 e. The zero-order valence-corrected chi connectivity index (χ0v) is 14.0. The molecule has 2 rings (SSSR count). The van der Waals surface area contributed by atoms with Crippen LogP contribution in [0.5, 0.6) is 5.75 Å². The Hall–Kier alpha value is -1.73. The molecule has 0 aromatic heterocycles. The fraction of sp³-hybridized carbons (Fsp3) is 0.500. The lowest BCUT2D eigenvalue weighted by atomic mass is 10.1. The summed E-state index contributed by atoms with van der Waals surface area (Å²) in [7, 11) is 3.18. The molecule has 1 aliphatic rings. The minimum atomic E-state index is -0.898. The van der Waals surface area contributed by atoms with Crippen LogP contribution in [0.4, 0.5) is 0 Å². The van der Waals surface area contributed by atoms with Gasteiger partial charge in [-0.2, -0.15) is 0 Å². The number of aliphatic carboxylic acids is 1. The second-order valence-electron chi connectivity index (χ2n) is 5.36. The number of amides is 1. The van der Waals surface area contributed by atoms with Crippen LogP contribution in [0.2, 0.25) is 0 Å². The number of nitrogens with zero attached hydrogens (tertiary/aromatic N) is 1. The second kappa shape index (κ2) is 8.21. The molecule has 1 saturated heterocycles. The van der Waals surface area contributed by atoms with E-state index in [1.54, 1.807) is 19.1 Å². The van der Waals surface area contributed by atoms with Gasteiger partial charge in [-0.1, -0.05) is 6.07 Å². The number of hydrogen-bond donors (Lipinski definition) is 1. The predicted molar refractivity (Wildman–Crippen MR) is 86.9 cm³/mol. The van der Waals surface area contributed by atoms with Crippen molar-refractivity contribution in [2.45, 2.75) is 29.9 Å². The molecular formula is C16H21NO5S. The summed E-state index contributed by atoms with van der Waals surface area (Å²) >= 11 is 1.42. The Labute approximate surface area is 139 Å². The van der Waals surface area contributed by atoms with Crippen molar-refractivity contribution in [1.29, 1.82) is 0 Å². The van der Waals surface area contributed by atoms with E-state index in [0.29, 0.717) is 13.0 Å². The van der Waals surface area contributed by atoms with Crippen LogP contribution in [0.25, 0.3) is 0 Å². The van der Waals surface area contributed by atoms with Crippen LogP contribution in [0.3, 0.4) is 0 Å². The standard InChI is InChI=1S/C16H21NO5S/c1-21-12-4-3-5-14(8-12)23-10-15(18)17-9-13(22-2)6-11(17)7-16(19)20/h3-5,8,11,13H,6-7,9-10H2,1-2H3,(H,19,20). The third kappa shape index (κ3) is 4.87. The number of carboxylic acid groups (broad SMARTS) is 1. The Morgan fingerprint density at radius 2 is 2.17 bits per heavy atom. The fourth-order valence-corrected chi connectivity index (χ4v) is 3.49. The number of carboxylic acids is 1. The summed E-state index contributed by atoms with van der Waals surface area (Å²) in [6, 6.07) is 7.20. The van der Waals surface area contributed by atoms with Crippen molar-refractivity contribution in [1.82, 2.24) is 4.90 Å². The van der Waals surface area contributed by atoms with Crippen molar-refractivity contribution in [3.8, 4) is 5.75 Å². The van der Waals surface area contributed by atoms with Gasteiger partial charge in [0.05, 0.1) is 25.4 Å². The zero-order valence-electron chi connectivity index (χ0n) is 13.2. The Morgan fingerprint density at radius 3 is 2.83 bits per heavy atom. The molecule has 6 nitrogen and oxygen atoms in total. The minimum Gasteiger partial charge on any atom is -0.497 e. The third-order valence-corrected chi connectivity index (χ3v) is 4.82. The van der Waals surface area contributed by atoms with E-state index in [2.05, 4.69) is 0 Å². The highest BCUT2D eigenvalue weighted by molar-refractivity contribution is 8.00. The van der Waals surface area contributed by atoms with Crippen LogP contribution in [0.15, 0.2) is 29.2 Å². The fourth-order valence-electron chi connectivity index (χ4n) is 2.66. The summed E-state index contributed by atoms with van der Waals surface area (Å²) in [6.07, 6.45) is 0.429. The van der Waals surface area contributed by atoms with E-state index in [9.17, 15) is 9.59 Å². The van der Waals surface area contributed by atoms with Crippen molar-refractivity contribution in [3.05, 3.63) is 24.3 Å². The number of thioether (sulfide) groups is 1. The molecule has 1 amide bonds. The van der Waals surface area contributed by atoms with E-state index >= 15 is 0 Å². The number of carbonyl (C=O) groups excluding carboxylic acids is 1. The third-order valence-electron chi connectivity index (χ3n) is 3.84. The van der Waals surface area contributed by atoms with Crippen LogP contribution in [-0.2, 0) is 14.3 Å². The van der Waals surface area contributed by atoms with Gasteiger partial charge in [0.1, 0.15) is 5.75 Å². The maximum atomic E-state index is 12.5. The molecule has 1 N–H and O–H groups in total. The highest BCUT2D eigenvalue weighted by atomic mass is 32.2. The first-order valence-corrected chi connectivity index (χ1v) is 8.33. The normalized spacial score (nSPS) is 20.5. The number of carbonyl (C=O) groups is 2. The Bertz CT molecular complexity index is 565. The van der Waals surface area contributed by atoms with Gasteiger partial charge in [0, 0.05) is 24.6 Å². The Kier molecular flexibility index (Phi) is 6.29. The first kappa shape index (κ1) is 17.6. The molecule has 0 aliphatic carbocycles. The van der Waals surface area contributed by atoms with Gasteiger partial charge < -0.3 is 19.5 Å². The SMILES string of the molecule is COc1cccc(SCC(=O)N2CC(OC)CC2CC(=O)O)c1. The van der Waals surface area contributed by atoms with Crippen LogP contribution in [0.1, 0.15) is 12.8 Å². The van der Waals surface area contributed by atoms with Crippen molar-refractivity contribution in [2.75, 3.05) is 26.5 Å². The summed E-state index contributed by atoms with van der Waals surface area (Å²) < 4.78 is 10.4. The molecular weight excluding hydrogens is 318 g/mol. The highest BCUT2D eigenvalue weighted by Crippen LogP contribution is 2.26. The molecule has 1 aliphatic heterocycles. The van der Waals surface area contributed by atoms with Crippen LogP contribution in [-0.4, -0.2) is 60.5 Å². The summed E-state index contributed by atoms with van der Waals surface area (Å²) in [5.74, 6) is 0.0418. The molecule has 1 heterocycles. The molecule has 1 fully saturated rings. The number of methoxy groups -OCH3 is 2. The van der Waals surface area contributed by atoms with Crippen molar-refractivity contribution < 1.29 is 24.2 Å². The Morgan fingerprint density at radius 1 is 1.39 bits per heavy atom. The first-order chi connectivity index (χ1) is 11.0. The monoisotopic (exact) mass is 339 g/mol. The maximum absolute atomic E-state index is 12.5. The van der Waals surface area contributed by atoms with E-state index in [-0.39, 0.29) is 30.2 Å². The summed E-state index contributed by atoms with van der Waals surface area (Å²) in [6.45, 7) is 0.450. The van der Waals surface area contributed by atoms with Crippen LogP contribution < -0.4 is 4.74 Å². The molecule has 2 unspecified atom stereocenters. The lowest BCUT2D eigenvalue weighted by Gasteiger charge is -2.23. The molecule has 7 heteroatoms. The van der Waals surface area contributed by atoms with Gasteiger partial charge in [-0.15, -0.1) is 11.8 Å². The number of benzene rings is 1. The number of ether oxygens (including phenoxy) is 2. The number of rotatable bonds is 7. The number of hydrogen-bond acceptors (Lipinski definition) is 5. The summed E-state index contributed by atoms with van der Waals surface area (Å²) in [5, 5.41) is 9.00. The average Bonchev–Trinajstić information content (AvgIpc) is 2.95. The van der Waals surface area contributed by atoms with Crippen LogP contribution >= 0.6 is 11.8 Å². The largest absolute Gasteiger partial charge is 0.497 e. The second-order valence-corrected chi connectivity index (χ2v) is 6.41. The molecule has 1 aromatic carbocycles. The summed E-state index contributed by atoms with van der Waals surface area (Å²) in [5.41, 5.74) is 0. The van der Waals surface area contributed by atoms with E-state index < -0.39 is 5.97 Å². The topological polar surface area (TPSA) is 76.1 Å².